The van der Waals surface area contributed by atoms with Gasteiger partial charge in [0.05, 0.1) is 22.7 Å². The summed E-state index contributed by atoms with van der Waals surface area (Å²) in [5.41, 5.74) is 9.05. The monoisotopic (exact) mass is 649 g/mol. The van der Waals surface area contributed by atoms with Crippen LogP contribution in [0.4, 0.5) is 31.0 Å². The summed E-state index contributed by atoms with van der Waals surface area (Å²) in [5, 5.41) is 1.56. The molecule has 0 bridgehead atoms. The molecule has 13 heteroatoms. The largest absolute Gasteiger partial charge is 0.462 e. The van der Waals surface area contributed by atoms with Gasteiger partial charge >= 0.3 is 6.01 Å². The summed E-state index contributed by atoms with van der Waals surface area (Å²) < 4.78 is 43.6. The number of rotatable bonds is 7. The first kappa shape index (κ1) is 30.6. The van der Waals surface area contributed by atoms with E-state index in [0.717, 1.165) is 30.7 Å². The van der Waals surface area contributed by atoms with Gasteiger partial charge in [0.1, 0.15) is 28.8 Å². The van der Waals surface area contributed by atoms with Gasteiger partial charge in [-0.1, -0.05) is 12.6 Å². The second-order valence-corrected chi connectivity index (χ2v) is 13.5. The summed E-state index contributed by atoms with van der Waals surface area (Å²) in [6.45, 7) is 8.73. The molecule has 1 amide bonds. The number of piperazine rings is 1. The molecule has 4 aromatic rings. The van der Waals surface area contributed by atoms with E-state index in [9.17, 15) is 9.18 Å². The fourth-order valence-corrected chi connectivity index (χ4v) is 8.12. The van der Waals surface area contributed by atoms with Crippen LogP contribution in [-0.2, 0) is 9.53 Å². The summed E-state index contributed by atoms with van der Waals surface area (Å²) >= 11 is 1.16. The highest BCUT2D eigenvalue weighted by Crippen LogP contribution is 2.55. The van der Waals surface area contributed by atoms with E-state index in [0.29, 0.717) is 80.6 Å². The van der Waals surface area contributed by atoms with Crippen molar-refractivity contribution in [3.63, 3.8) is 0 Å². The number of likely N-dealkylation sites (tertiary alicyclic amines) is 1. The molecule has 0 aliphatic carbocycles. The number of hydrogen-bond donors (Lipinski definition) is 1. The number of aromatic nitrogens is 2. The predicted octanol–water partition coefficient (Wildman–Crippen LogP) is 5.17. The van der Waals surface area contributed by atoms with Gasteiger partial charge in [-0.15, -0.1) is 11.3 Å². The summed E-state index contributed by atoms with van der Waals surface area (Å²) in [6, 6.07) is 5.00. The molecule has 242 valence electrons. The highest BCUT2D eigenvalue weighted by Gasteiger charge is 2.35. The van der Waals surface area contributed by atoms with Crippen molar-refractivity contribution in [1.29, 1.82) is 0 Å². The number of benzene rings is 2. The number of anilines is 4. The molecular weight excluding hydrogens is 612 g/mol. The third-order valence-corrected chi connectivity index (χ3v) is 10.5. The van der Waals surface area contributed by atoms with Crippen molar-refractivity contribution in [3.8, 4) is 17.1 Å². The van der Waals surface area contributed by atoms with Crippen LogP contribution in [0.15, 0.2) is 30.4 Å². The molecule has 5 heterocycles. The second kappa shape index (κ2) is 11.6. The van der Waals surface area contributed by atoms with Gasteiger partial charge in [-0.25, -0.2) is 8.78 Å². The minimum Gasteiger partial charge on any atom is -0.462 e. The molecule has 46 heavy (non-hydrogen) atoms. The number of thiophene rings is 1. The Kier molecular flexibility index (Phi) is 7.73. The number of hydrogen-bond acceptors (Lipinski definition) is 10. The number of nitrogens with zero attached hydrogens (tertiary/aromatic N) is 6. The topological polar surface area (TPSA) is 100 Å². The Hall–Kier alpha value is -4.07. The maximum absolute atomic E-state index is 17.0. The van der Waals surface area contributed by atoms with Crippen LogP contribution >= 0.6 is 11.3 Å². The minimum atomic E-state index is -0.536. The standard InChI is InChI=1S/C33H37F2N7O3S/c1-17(15-44-5)32(43)41-11-12-42(18(2)14-41)31-21-13-23-24(20-8-9-22(34)29-25(20)28(40(23)4)30(36)46-29)26(35)27(21)37-33(38-31)45-16-19-7-6-10-39(19)3/h8-9,13,18-19H,1,6-7,10-12,14-16,36H2,2-5H3/t18-,19?/m0/s1. The van der Waals surface area contributed by atoms with Crippen LogP contribution in [0.5, 0.6) is 6.01 Å². The van der Waals surface area contributed by atoms with E-state index in [1.54, 1.807) is 11.0 Å². The zero-order valence-corrected chi connectivity index (χ0v) is 27.2. The van der Waals surface area contributed by atoms with Gasteiger partial charge in [0.15, 0.2) is 5.82 Å². The number of nitrogen functional groups attached to an aromatic ring is 1. The van der Waals surface area contributed by atoms with Crippen molar-refractivity contribution in [1.82, 2.24) is 19.8 Å². The fourth-order valence-electron chi connectivity index (χ4n) is 7.09. The van der Waals surface area contributed by atoms with Crippen LogP contribution in [-0.4, -0.2) is 98.4 Å². The van der Waals surface area contributed by atoms with Gasteiger partial charge < -0.3 is 34.8 Å². The lowest BCUT2D eigenvalue weighted by Crippen LogP contribution is -2.54. The third kappa shape index (κ3) is 4.83. The van der Waals surface area contributed by atoms with E-state index in [2.05, 4.69) is 28.4 Å². The first-order valence-electron chi connectivity index (χ1n) is 15.4. The summed E-state index contributed by atoms with van der Waals surface area (Å²) in [5.74, 6) is -0.554. The summed E-state index contributed by atoms with van der Waals surface area (Å²) in [4.78, 5) is 30.5. The van der Waals surface area contributed by atoms with Gasteiger partial charge in [0.25, 0.3) is 5.91 Å². The Morgan fingerprint density at radius 2 is 2.00 bits per heavy atom. The number of carbonyl (C=O) groups is 1. The second-order valence-electron chi connectivity index (χ2n) is 12.4. The molecule has 2 N–H and O–H groups in total. The lowest BCUT2D eigenvalue weighted by molar-refractivity contribution is -0.128. The van der Waals surface area contributed by atoms with Crippen LogP contribution in [0.25, 0.3) is 32.1 Å². The molecule has 2 aromatic carbocycles. The molecule has 0 spiro atoms. The number of likely N-dealkylation sites (N-methyl/N-ethyl adjacent to an activating group) is 1. The maximum Gasteiger partial charge on any atom is 0.319 e. The number of halogens is 2. The van der Waals surface area contributed by atoms with Crippen molar-refractivity contribution in [3.05, 3.63) is 42.0 Å². The van der Waals surface area contributed by atoms with Gasteiger partial charge in [-0.05, 0) is 51.1 Å². The van der Waals surface area contributed by atoms with Crippen molar-refractivity contribution in [2.75, 3.05) is 76.1 Å². The molecule has 2 fully saturated rings. The summed E-state index contributed by atoms with van der Waals surface area (Å²) in [6.07, 6.45) is 2.08. The molecule has 2 saturated heterocycles. The Labute approximate surface area is 270 Å². The minimum absolute atomic E-state index is 0.0923. The van der Waals surface area contributed by atoms with E-state index >= 15 is 4.39 Å². The van der Waals surface area contributed by atoms with Crippen molar-refractivity contribution in [2.24, 2.45) is 0 Å². The predicted molar refractivity (Wildman–Crippen MR) is 178 cm³/mol. The highest BCUT2D eigenvalue weighted by atomic mass is 32.1. The van der Waals surface area contributed by atoms with E-state index in [1.165, 1.54) is 13.2 Å². The normalized spacial score (nSPS) is 19.7. The molecule has 0 saturated carbocycles. The first-order chi connectivity index (χ1) is 22.1. The SMILES string of the molecule is C=C(COC)C(=O)N1CCN(c2nc(OCC3CCCN3C)nc3c(F)c4c(cc23)N(C)c2c(N)sc3c(F)ccc-4c23)[C@@H](C)C1. The molecule has 0 radical (unpaired) electrons. The van der Waals surface area contributed by atoms with Crippen molar-refractivity contribution in [2.45, 2.75) is 31.8 Å². The lowest BCUT2D eigenvalue weighted by atomic mass is 9.92. The van der Waals surface area contributed by atoms with Crippen molar-refractivity contribution < 1.29 is 23.0 Å². The van der Waals surface area contributed by atoms with Crippen LogP contribution in [0.1, 0.15) is 19.8 Å². The molecule has 3 aliphatic rings. The number of methoxy groups -OCH3 is 1. The van der Waals surface area contributed by atoms with Gasteiger partial charge in [-0.2, -0.15) is 9.97 Å². The average Bonchev–Trinajstić information content (AvgIpc) is 3.62. The number of carbonyl (C=O) groups excluding carboxylic acids is 1. The number of ether oxygens (including phenoxy) is 2. The van der Waals surface area contributed by atoms with Gasteiger partial charge in [0.2, 0.25) is 0 Å². The quantitative estimate of drug-likeness (QED) is 0.272. The van der Waals surface area contributed by atoms with Crippen molar-refractivity contribution >= 4 is 60.4 Å². The lowest BCUT2D eigenvalue weighted by Gasteiger charge is -2.41. The number of amides is 1. The smallest absolute Gasteiger partial charge is 0.319 e. The first-order valence-corrected chi connectivity index (χ1v) is 16.2. The fraction of sp³-hybridized carbons (Fsp3) is 0.424. The maximum atomic E-state index is 17.0. The summed E-state index contributed by atoms with van der Waals surface area (Å²) in [7, 11) is 5.41. The van der Waals surface area contributed by atoms with Gasteiger partial charge in [-0.3, -0.25) is 4.79 Å². The van der Waals surface area contributed by atoms with E-state index < -0.39 is 11.6 Å². The molecular formula is C33H37F2N7O3S. The highest BCUT2D eigenvalue weighted by molar-refractivity contribution is 7.23. The zero-order chi connectivity index (χ0) is 32.4. The van der Waals surface area contributed by atoms with E-state index in [1.807, 2.05) is 24.9 Å². The average molecular weight is 650 g/mol. The zero-order valence-electron chi connectivity index (χ0n) is 26.4. The third-order valence-electron chi connectivity index (χ3n) is 9.51. The van der Waals surface area contributed by atoms with E-state index in [4.69, 9.17) is 20.2 Å². The Morgan fingerprint density at radius 3 is 2.72 bits per heavy atom. The number of fused-ring (bicyclic) bond motifs is 3. The molecule has 3 aliphatic heterocycles. The molecule has 1 unspecified atom stereocenters. The molecule has 2 atom stereocenters. The van der Waals surface area contributed by atoms with Crippen LogP contribution in [0, 0.1) is 11.6 Å². The Morgan fingerprint density at radius 1 is 1.20 bits per heavy atom. The van der Waals surface area contributed by atoms with Crippen LogP contribution < -0.4 is 20.3 Å². The molecule has 7 rings (SSSR count). The Balaban J connectivity index is 1.35. The number of nitrogens with two attached hydrogens (primary N) is 1. The van der Waals surface area contributed by atoms with Gasteiger partial charge in [0, 0.05) is 67.8 Å². The Bertz CT molecular complexity index is 1900. The van der Waals surface area contributed by atoms with E-state index in [-0.39, 0.29) is 36.1 Å². The van der Waals surface area contributed by atoms with Crippen LogP contribution in [0.2, 0.25) is 0 Å². The molecule has 2 aromatic heterocycles. The van der Waals surface area contributed by atoms with Crippen LogP contribution in [0.3, 0.4) is 0 Å². The molecule has 10 nitrogen and oxygen atoms in total.